The molecule has 0 N–H and O–H groups in total. The molecular formula is C21H20ClFN4O2S. The second-order valence-electron chi connectivity index (χ2n) is 6.92. The van der Waals surface area contributed by atoms with Crippen LogP contribution in [0.3, 0.4) is 0 Å². The van der Waals surface area contributed by atoms with Crippen LogP contribution in [-0.2, 0) is 11.3 Å². The maximum absolute atomic E-state index is 13.0. The van der Waals surface area contributed by atoms with Crippen LogP contribution in [0.2, 0.25) is 5.02 Å². The van der Waals surface area contributed by atoms with Gasteiger partial charge in [-0.25, -0.2) is 4.39 Å². The molecule has 1 saturated heterocycles. The molecule has 3 aromatic rings. The first kappa shape index (κ1) is 20.8. The van der Waals surface area contributed by atoms with Gasteiger partial charge in [0.15, 0.2) is 0 Å². The summed E-state index contributed by atoms with van der Waals surface area (Å²) in [5, 5.41) is 4.70. The minimum absolute atomic E-state index is 0.0896. The zero-order valence-corrected chi connectivity index (χ0v) is 17.7. The molecule has 0 saturated carbocycles. The van der Waals surface area contributed by atoms with E-state index in [1.54, 1.807) is 24.3 Å². The van der Waals surface area contributed by atoms with Crippen molar-refractivity contribution in [2.45, 2.75) is 11.4 Å². The number of hydrogen-bond acceptors (Lipinski definition) is 6. The Morgan fingerprint density at radius 2 is 1.77 bits per heavy atom. The Morgan fingerprint density at radius 1 is 1.07 bits per heavy atom. The summed E-state index contributed by atoms with van der Waals surface area (Å²) in [6, 6.07) is 13.5. The van der Waals surface area contributed by atoms with Gasteiger partial charge in [0.05, 0.1) is 12.3 Å². The number of thioether (sulfide) groups is 1. The highest BCUT2D eigenvalue weighted by Gasteiger charge is 2.22. The molecule has 1 fully saturated rings. The van der Waals surface area contributed by atoms with Crippen LogP contribution in [0.1, 0.15) is 5.89 Å². The molecule has 2 heterocycles. The first-order chi connectivity index (χ1) is 14.6. The van der Waals surface area contributed by atoms with Crippen LogP contribution >= 0.6 is 23.4 Å². The predicted molar refractivity (Wildman–Crippen MR) is 114 cm³/mol. The van der Waals surface area contributed by atoms with Gasteiger partial charge in [-0.3, -0.25) is 9.69 Å². The van der Waals surface area contributed by atoms with E-state index in [0.717, 1.165) is 23.5 Å². The SMILES string of the molecule is O=C(CSc1ccc(F)cc1)N1CCN(Cc2nc(-c3ccc(Cl)cc3)no2)CC1. The lowest BCUT2D eigenvalue weighted by Gasteiger charge is -2.33. The smallest absolute Gasteiger partial charge is 0.241 e. The Bertz CT molecular complexity index is 989. The minimum atomic E-state index is -0.275. The van der Waals surface area contributed by atoms with Crippen LogP contribution < -0.4 is 0 Å². The van der Waals surface area contributed by atoms with Gasteiger partial charge in [-0.2, -0.15) is 4.98 Å². The normalized spacial score (nSPS) is 14.8. The first-order valence-electron chi connectivity index (χ1n) is 9.54. The number of aromatic nitrogens is 2. The number of hydrogen-bond donors (Lipinski definition) is 0. The number of rotatable bonds is 6. The highest BCUT2D eigenvalue weighted by molar-refractivity contribution is 8.00. The summed E-state index contributed by atoms with van der Waals surface area (Å²) in [5.41, 5.74) is 0.850. The summed E-state index contributed by atoms with van der Waals surface area (Å²) >= 11 is 7.33. The predicted octanol–water partition coefficient (Wildman–Crippen LogP) is 3.97. The molecule has 0 aliphatic carbocycles. The van der Waals surface area contributed by atoms with Crippen molar-refractivity contribution in [1.82, 2.24) is 19.9 Å². The highest BCUT2D eigenvalue weighted by Crippen LogP contribution is 2.21. The Labute approximate surface area is 183 Å². The number of piperazine rings is 1. The number of benzene rings is 2. The van der Waals surface area contributed by atoms with Gasteiger partial charge in [-0.05, 0) is 48.5 Å². The topological polar surface area (TPSA) is 62.5 Å². The fourth-order valence-corrected chi connectivity index (χ4v) is 4.08. The average Bonchev–Trinajstić information content (AvgIpc) is 3.22. The fourth-order valence-electron chi connectivity index (χ4n) is 3.15. The molecular weight excluding hydrogens is 427 g/mol. The van der Waals surface area contributed by atoms with Crippen LogP contribution in [-0.4, -0.2) is 57.8 Å². The van der Waals surface area contributed by atoms with Crippen molar-refractivity contribution in [3.63, 3.8) is 0 Å². The molecule has 0 bridgehead atoms. The van der Waals surface area contributed by atoms with E-state index in [2.05, 4.69) is 15.0 Å². The number of carbonyl (C=O) groups is 1. The Balaban J connectivity index is 1.24. The molecule has 1 aliphatic rings. The van der Waals surface area contributed by atoms with Gasteiger partial charge in [0, 0.05) is 41.7 Å². The summed E-state index contributed by atoms with van der Waals surface area (Å²) in [4.78, 5) is 21.8. The van der Waals surface area contributed by atoms with E-state index in [9.17, 15) is 9.18 Å². The number of halogens is 2. The lowest BCUT2D eigenvalue weighted by Crippen LogP contribution is -2.48. The summed E-state index contributed by atoms with van der Waals surface area (Å²) in [6.45, 7) is 3.34. The molecule has 4 rings (SSSR count). The van der Waals surface area contributed by atoms with Gasteiger partial charge >= 0.3 is 0 Å². The zero-order chi connectivity index (χ0) is 20.9. The first-order valence-corrected chi connectivity index (χ1v) is 10.9. The summed E-state index contributed by atoms with van der Waals surface area (Å²) in [7, 11) is 0. The average molecular weight is 447 g/mol. The number of carbonyl (C=O) groups excluding carboxylic acids is 1. The second-order valence-corrected chi connectivity index (χ2v) is 8.40. The van der Waals surface area contributed by atoms with Crippen molar-refractivity contribution in [3.05, 3.63) is 65.3 Å². The van der Waals surface area contributed by atoms with Crippen LogP contribution in [0.4, 0.5) is 4.39 Å². The van der Waals surface area contributed by atoms with E-state index in [4.69, 9.17) is 16.1 Å². The summed E-state index contributed by atoms with van der Waals surface area (Å²) in [6.07, 6.45) is 0. The van der Waals surface area contributed by atoms with Crippen LogP contribution in [0.25, 0.3) is 11.4 Å². The third-order valence-electron chi connectivity index (χ3n) is 4.83. The molecule has 2 aromatic carbocycles. The maximum Gasteiger partial charge on any atom is 0.241 e. The van der Waals surface area contributed by atoms with Crippen molar-refractivity contribution in [2.24, 2.45) is 0 Å². The van der Waals surface area contributed by atoms with Crippen LogP contribution in [0.5, 0.6) is 0 Å². The van der Waals surface area contributed by atoms with Crippen molar-refractivity contribution in [1.29, 1.82) is 0 Å². The summed E-state index contributed by atoms with van der Waals surface area (Å²) in [5.74, 6) is 1.25. The van der Waals surface area contributed by atoms with Crippen LogP contribution in [0, 0.1) is 5.82 Å². The monoisotopic (exact) mass is 446 g/mol. The maximum atomic E-state index is 13.0. The van der Waals surface area contributed by atoms with E-state index >= 15 is 0 Å². The fraction of sp³-hybridized carbons (Fsp3) is 0.286. The van der Waals surface area contributed by atoms with Crippen molar-refractivity contribution < 1.29 is 13.7 Å². The second kappa shape index (κ2) is 9.59. The van der Waals surface area contributed by atoms with Gasteiger partial charge < -0.3 is 9.42 Å². The minimum Gasteiger partial charge on any atom is -0.339 e. The van der Waals surface area contributed by atoms with Crippen LogP contribution in [0.15, 0.2) is 57.9 Å². The third-order valence-corrected chi connectivity index (χ3v) is 6.08. The van der Waals surface area contributed by atoms with E-state index in [1.165, 1.54) is 23.9 Å². The van der Waals surface area contributed by atoms with Gasteiger partial charge in [-0.1, -0.05) is 16.8 Å². The Morgan fingerprint density at radius 3 is 2.47 bits per heavy atom. The van der Waals surface area contributed by atoms with E-state index in [0.29, 0.717) is 42.1 Å². The lowest BCUT2D eigenvalue weighted by atomic mass is 10.2. The molecule has 0 unspecified atom stereocenters. The zero-order valence-electron chi connectivity index (χ0n) is 16.1. The molecule has 1 aromatic heterocycles. The number of amides is 1. The largest absolute Gasteiger partial charge is 0.339 e. The molecule has 6 nitrogen and oxygen atoms in total. The molecule has 1 amide bonds. The highest BCUT2D eigenvalue weighted by atomic mass is 35.5. The third kappa shape index (κ3) is 5.38. The van der Waals surface area contributed by atoms with Crippen molar-refractivity contribution in [2.75, 3.05) is 31.9 Å². The number of nitrogens with zero attached hydrogens (tertiary/aromatic N) is 4. The molecule has 156 valence electrons. The van der Waals surface area contributed by atoms with E-state index in [-0.39, 0.29) is 11.7 Å². The van der Waals surface area contributed by atoms with Gasteiger partial charge in [-0.15, -0.1) is 11.8 Å². The van der Waals surface area contributed by atoms with Crippen molar-refractivity contribution in [3.8, 4) is 11.4 Å². The summed E-state index contributed by atoms with van der Waals surface area (Å²) < 4.78 is 18.3. The molecule has 1 aliphatic heterocycles. The molecule has 9 heteroatoms. The van der Waals surface area contributed by atoms with Crippen molar-refractivity contribution >= 4 is 29.3 Å². The van der Waals surface area contributed by atoms with Gasteiger partial charge in [0.25, 0.3) is 0 Å². The van der Waals surface area contributed by atoms with Gasteiger partial charge in [0.1, 0.15) is 5.82 Å². The van der Waals surface area contributed by atoms with E-state index < -0.39 is 0 Å². The quantitative estimate of drug-likeness (QED) is 0.534. The molecule has 30 heavy (non-hydrogen) atoms. The standard InChI is InChI=1S/C21H20ClFN4O2S/c22-16-3-1-15(2-4-16)21-24-19(29-25-21)13-26-9-11-27(12-10-26)20(28)14-30-18-7-5-17(23)6-8-18/h1-8H,9-14H2. The Hall–Kier alpha value is -2.42. The lowest BCUT2D eigenvalue weighted by molar-refractivity contribution is -0.130. The Kier molecular flexibility index (Phi) is 6.66. The van der Waals surface area contributed by atoms with Gasteiger partial charge in [0.2, 0.25) is 17.6 Å². The molecule has 0 radical (unpaired) electrons. The molecule has 0 atom stereocenters. The van der Waals surface area contributed by atoms with E-state index in [1.807, 2.05) is 17.0 Å². The molecule has 0 spiro atoms.